The molecule has 2 aromatic rings. The van der Waals surface area contributed by atoms with Gasteiger partial charge in [0.15, 0.2) is 0 Å². The predicted octanol–water partition coefficient (Wildman–Crippen LogP) is 4.53. The molecule has 21 heavy (non-hydrogen) atoms. The fraction of sp³-hybridized carbons (Fsp3) is 0.222. The van der Waals surface area contributed by atoms with Crippen molar-refractivity contribution in [1.29, 1.82) is 10.5 Å². The quantitative estimate of drug-likeness (QED) is 0.769. The number of hydrogen-bond acceptors (Lipinski definition) is 2. The SMILES string of the molecule is CC(C)(C)c1ccccc1-c1c(C#N)ccc(F)c1C#N. The van der Waals surface area contributed by atoms with E-state index in [9.17, 15) is 14.9 Å². The summed E-state index contributed by atoms with van der Waals surface area (Å²) in [6, 6.07) is 14.0. The molecule has 0 aliphatic carbocycles. The van der Waals surface area contributed by atoms with E-state index >= 15 is 0 Å². The van der Waals surface area contributed by atoms with Gasteiger partial charge in [0, 0.05) is 5.56 Å². The molecule has 0 atom stereocenters. The Morgan fingerprint density at radius 3 is 2.19 bits per heavy atom. The lowest BCUT2D eigenvalue weighted by molar-refractivity contribution is 0.591. The fourth-order valence-electron chi connectivity index (χ4n) is 2.41. The van der Waals surface area contributed by atoms with Gasteiger partial charge in [0.1, 0.15) is 11.9 Å². The maximum absolute atomic E-state index is 13.9. The first-order valence-electron chi connectivity index (χ1n) is 6.62. The van der Waals surface area contributed by atoms with Gasteiger partial charge in [-0.2, -0.15) is 10.5 Å². The van der Waals surface area contributed by atoms with Gasteiger partial charge in [0.2, 0.25) is 0 Å². The van der Waals surface area contributed by atoms with Crippen molar-refractivity contribution in [3.8, 4) is 23.3 Å². The molecule has 0 radical (unpaired) electrons. The van der Waals surface area contributed by atoms with E-state index in [4.69, 9.17) is 0 Å². The Bertz CT molecular complexity index is 771. The van der Waals surface area contributed by atoms with Gasteiger partial charge in [-0.3, -0.25) is 0 Å². The van der Waals surface area contributed by atoms with Crippen molar-refractivity contribution in [2.24, 2.45) is 0 Å². The van der Waals surface area contributed by atoms with Crippen molar-refractivity contribution in [3.05, 3.63) is 58.9 Å². The molecule has 0 N–H and O–H groups in total. The number of benzene rings is 2. The molecule has 3 heteroatoms. The minimum Gasteiger partial charge on any atom is -0.206 e. The van der Waals surface area contributed by atoms with E-state index in [1.807, 2.05) is 51.1 Å². The maximum Gasteiger partial charge on any atom is 0.141 e. The van der Waals surface area contributed by atoms with E-state index in [2.05, 4.69) is 6.07 Å². The second-order valence-corrected chi connectivity index (χ2v) is 5.86. The highest BCUT2D eigenvalue weighted by Crippen LogP contribution is 2.36. The molecule has 0 unspecified atom stereocenters. The molecular weight excluding hydrogens is 263 g/mol. The average molecular weight is 278 g/mol. The lowest BCUT2D eigenvalue weighted by Gasteiger charge is -2.24. The van der Waals surface area contributed by atoms with Crippen LogP contribution in [0.5, 0.6) is 0 Å². The summed E-state index contributed by atoms with van der Waals surface area (Å²) in [5, 5.41) is 18.6. The zero-order valence-electron chi connectivity index (χ0n) is 12.2. The van der Waals surface area contributed by atoms with Crippen LogP contribution in [-0.4, -0.2) is 0 Å². The Hall–Kier alpha value is -2.65. The van der Waals surface area contributed by atoms with Gasteiger partial charge in [0.05, 0.1) is 17.2 Å². The molecule has 0 saturated heterocycles. The number of nitriles is 2. The van der Waals surface area contributed by atoms with Gasteiger partial charge < -0.3 is 0 Å². The Kier molecular flexibility index (Phi) is 3.78. The van der Waals surface area contributed by atoms with Crippen molar-refractivity contribution in [1.82, 2.24) is 0 Å². The zero-order chi connectivity index (χ0) is 15.6. The molecule has 0 aromatic heterocycles. The first-order valence-corrected chi connectivity index (χ1v) is 6.62. The van der Waals surface area contributed by atoms with E-state index in [1.165, 1.54) is 12.1 Å². The summed E-state index contributed by atoms with van der Waals surface area (Å²) in [4.78, 5) is 0. The average Bonchev–Trinajstić information content (AvgIpc) is 2.46. The highest BCUT2D eigenvalue weighted by atomic mass is 19.1. The molecule has 0 heterocycles. The molecule has 0 amide bonds. The summed E-state index contributed by atoms with van der Waals surface area (Å²) in [5.41, 5.74) is 2.14. The summed E-state index contributed by atoms with van der Waals surface area (Å²) >= 11 is 0. The van der Waals surface area contributed by atoms with Gasteiger partial charge in [0.25, 0.3) is 0 Å². The zero-order valence-corrected chi connectivity index (χ0v) is 12.2. The summed E-state index contributed by atoms with van der Waals surface area (Å²) in [5.74, 6) is -0.602. The van der Waals surface area contributed by atoms with Crippen LogP contribution in [0.15, 0.2) is 36.4 Å². The van der Waals surface area contributed by atoms with Crippen molar-refractivity contribution < 1.29 is 4.39 Å². The van der Waals surface area contributed by atoms with E-state index in [-0.39, 0.29) is 11.0 Å². The van der Waals surface area contributed by atoms with Crippen LogP contribution in [0, 0.1) is 28.5 Å². The van der Waals surface area contributed by atoms with Crippen LogP contribution < -0.4 is 0 Å². The summed E-state index contributed by atoms with van der Waals surface area (Å²) in [6.07, 6.45) is 0. The third-order valence-corrected chi connectivity index (χ3v) is 3.39. The summed E-state index contributed by atoms with van der Waals surface area (Å²) < 4.78 is 13.9. The van der Waals surface area contributed by atoms with Gasteiger partial charge in [-0.1, -0.05) is 45.0 Å². The van der Waals surface area contributed by atoms with E-state index < -0.39 is 5.82 Å². The Labute approximate surface area is 124 Å². The first kappa shape index (κ1) is 14.8. The van der Waals surface area contributed by atoms with E-state index in [0.29, 0.717) is 11.1 Å². The number of hydrogen-bond donors (Lipinski definition) is 0. The Morgan fingerprint density at radius 1 is 0.952 bits per heavy atom. The van der Waals surface area contributed by atoms with E-state index in [0.717, 1.165) is 11.1 Å². The molecule has 0 aliphatic heterocycles. The molecule has 0 saturated carbocycles. The van der Waals surface area contributed by atoms with Crippen LogP contribution >= 0.6 is 0 Å². The Morgan fingerprint density at radius 2 is 1.62 bits per heavy atom. The standard InChI is InChI=1S/C18H15FN2/c1-18(2,3)15-7-5-4-6-13(15)17-12(10-20)8-9-16(19)14(17)11-21/h4-9H,1-3H3. The normalized spacial score (nSPS) is 10.8. The second kappa shape index (κ2) is 5.38. The van der Waals surface area contributed by atoms with Crippen LogP contribution in [0.4, 0.5) is 4.39 Å². The van der Waals surface area contributed by atoms with Crippen molar-refractivity contribution in [2.45, 2.75) is 26.2 Å². The maximum atomic E-state index is 13.9. The highest BCUT2D eigenvalue weighted by Gasteiger charge is 2.23. The summed E-state index contributed by atoms with van der Waals surface area (Å²) in [6.45, 7) is 6.13. The first-order chi connectivity index (χ1) is 9.90. The third-order valence-electron chi connectivity index (χ3n) is 3.39. The highest BCUT2D eigenvalue weighted by molar-refractivity contribution is 5.79. The smallest absolute Gasteiger partial charge is 0.141 e. The number of rotatable bonds is 1. The lowest BCUT2D eigenvalue weighted by Crippen LogP contribution is -2.13. The largest absolute Gasteiger partial charge is 0.206 e. The van der Waals surface area contributed by atoms with Crippen molar-refractivity contribution in [2.75, 3.05) is 0 Å². The van der Waals surface area contributed by atoms with Crippen LogP contribution in [0.25, 0.3) is 11.1 Å². The molecule has 0 fully saturated rings. The third kappa shape index (κ3) is 2.64. The van der Waals surface area contributed by atoms with E-state index in [1.54, 1.807) is 0 Å². The minimum absolute atomic E-state index is 0.0780. The van der Waals surface area contributed by atoms with Crippen LogP contribution in [0.1, 0.15) is 37.5 Å². The monoisotopic (exact) mass is 278 g/mol. The predicted molar refractivity (Wildman–Crippen MR) is 80.0 cm³/mol. The van der Waals surface area contributed by atoms with Crippen molar-refractivity contribution >= 4 is 0 Å². The number of nitrogens with zero attached hydrogens (tertiary/aromatic N) is 2. The van der Waals surface area contributed by atoms with Gasteiger partial charge >= 0.3 is 0 Å². The molecule has 2 nitrogen and oxygen atoms in total. The van der Waals surface area contributed by atoms with Crippen LogP contribution in [0.3, 0.4) is 0 Å². The summed E-state index contributed by atoms with van der Waals surface area (Å²) in [7, 11) is 0. The topological polar surface area (TPSA) is 47.6 Å². The molecule has 0 aliphatic rings. The molecule has 104 valence electrons. The second-order valence-electron chi connectivity index (χ2n) is 5.86. The number of halogens is 1. The van der Waals surface area contributed by atoms with Crippen LogP contribution in [0.2, 0.25) is 0 Å². The molecule has 0 bridgehead atoms. The van der Waals surface area contributed by atoms with Gasteiger partial charge in [-0.15, -0.1) is 0 Å². The molecule has 2 rings (SSSR count). The Balaban J connectivity index is 2.90. The van der Waals surface area contributed by atoms with Gasteiger partial charge in [-0.25, -0.2) is 4.39 Å². The molecular formula is C18H15FN2. The van der Waals surface area contributed by atoms with Gasteiger partial charge in [-0.05, 0) is 28.7 Å². The minimum atomic E-state index is -0.602. The fourth-order valence-corrected chi connectivity index (χ4v) is 2.41. The molecule has 0 spiro atoms. The molecule has 2 aromatic carbocycles. The lowest BCUT2D eigenvalue weighted by atomic mass is 9.80. The van der Waals surface area contributed by atoms with Crippen molar-refractivity contribution in [3.63, 3.8) is 0 Å². The van der Waals surface area contributed by atoms with Crippen LogP contribution in [-0.2, 0) is 5.41 Å².